The highest BCUT2D eigenvalue weighted by Gasteiger charge is 2.47. The minimum absolute atomic E-state index is 0.0956. The maximum Gasteiger partial charge on any atom is 0.343 e. The summed E-state index contributed by atoms with van der Waals surface area (Å²) < 4.78 is 44.4. The highest BCUT2D eigenvalue weighted by Crippen LogP contribution is 2.45. The van der Waals surface area contributed by atoms with E-state index in [0.717, 1.165) is 31.4 Å². The summed E-state index contributed by atoms with van der Waals surface area (Å²) in [4.78, 5) is 15.1. The quantitative estimate of drug-likeness (QED) is 0.589. The number of benzene rings is 2. The summed E-state index contributed by atoms with van der Waals surface area (Å²) in [6.45, 7) is 0.234. The number of likely N-dealkylation sites (N-methyl/N-ethyl adjacent to an activating group) is 1. The number of aliphatic carboxylic acids is 1. The van der Waals surface area contributed by atoms with E-state index in [9.17, 15) is 22.7 Å². The third-order valence-electron chi connectivity index (χ3n) is 8.02. The van der Waals surface area contributed by atoms with Gasteiger partial charge in [-0.25, -0.2) is 17.6 Å². The smallest absolute Gasteiger partial charge is 0.343 e. The Kier molecular flexibility index (Phi) is 6.68. The van der Waals surface area contributed by atoms with Crippen LogP contribution in [0.3, 0.4) is 0 Å². The molecule has 36 heavy (non-hydrogen) atoms. The average molecular weight is 536 g/mol. The molecule has 2 atom stereocenters. The molecule has 1 saturated carbocycles. The fourth-order valence-electron chi connectivity index (χ4n) is 5.90. The number of anilines is 3. The summed E-state index contributed by atoms with van der Waals surface area (Å²) in [5, 5.41) is 9.59. The van der Waals surface area contributed by atoms with Gasteiger partial charge in [-0.2, -0.15) is 4.31 Å². The van der Waals surface area contributed by atoms with E-state index in [2.05, 4.69) is 0 Å². The van der Waals surface area contributed by atoms with Crippen molar-refractivity contribution < 1.29 is 22.7 Å². The topological polar surface area (TPSA) is 81.2 Å². The summed E-state index contributed by atoms with van der Waals surface area (Å²) in [6.07, 6.45) is 5.12. The summed E-state index contributed by atoms with van der Waals surface area (Å²) in [7, 11) is -2.27. The first-order chi connectivity index (χ1) is 17.1. The predicted octanol–water partition coefficient (Wildman–Crippen LogP) is 5.06. The van der Waals surface area contributed by atoms with Crippen molar-refractivity contribution in [1.29, 1.82) is 0 Å². The van der Waals surface area contributed by atoms with E-state index >= 15 is 0 Å². The summed E-state index contributed by atoms with van der Waals surface area (Å²) >= 11 is 6.69. The van der Waals surface area contributed by atoms with Crippen LogP contribution < -0.4 is 9.80 Å². The van der Waals surface area contributed by atoms with E-state index in [-0.39, 0.29) is 41.4 Å². The number of para-hydroxylation sites is 1. The number of hydrogen-bond donors (Lipinski definition) is 1. The molecule has 7 nitrogen and oxygen atoms in total. The first-order valence-corrected chi connectivity index (χ1v) is 14.2. The highest BCUT2D eigenvalue weighted by molar-refractivity contribution is 7.89. The molecule has 5 rings (SSSR count). The van der Waals surface area contributed by atoms with Gasteiger partial charge in [-0.05, 0) is 43.0 Å². The van der Waals surface area contributed by atoms with Crippen LogP contribution in [0, 0.1) is 5.92 Å². The maximum atomic E-state index is 14.8. The number of rotatable bonds is 4. The first kappa shape index (κ1) is 25.3. The van der Waals surface area contributed by atoms with Gasteiger partial charge in [0.25, 0.3) is 0 Å². The number of hydrogen-bond acceptors (Lipinski definition) is 5. The Morgan fingerprint density at radius 3 is 2.44 bits per heavy atom. The lowest BCUT2D eigenvalue weighted by Crippen LogP contribution is -2.46. The van der Waals surface area contributed by atoms with E-state index in [0.29, 0.717) is 17.9 Å². The predicted molar refractivity (Wildman–Crippen MR) is 139 cm³/mol. The van der Waals surface area contributed by atoms with Gasteiger partial charge in [0.1, 0.15) is 4.90 Å². The number of carboxylic acids is 1. The molecule has 2 heterocycles. The number of nitrogens with zero attached hydrogens (tertiary/aromatic N) is 3. The van der Waals surface area contributed by atoms with Crippen LogP contribution >= 0.6 is 11.6 Å². The van der Waals surface area contributed by atoms with Crippen molar-refractivity contribution in [1.82, 2.24) is 4.31 Å². The second-order valence-corrected chi connectivity index (χ2v) is 12.5. The Balaban J connectivity index is 1.63. The molecule has 2 aromatic carbocycles. The lowest BCUT2D eigenvalue weighted by atomic mass is 9.83. The van der Waals surface area contributed by atoms with Crippen LogP contribution in [-0.2, 0) is 14.8 Å². The van der Waals surface area contributed by atoms with Gasteiger partial charge in [0.05, 0.1) is 22.9 Å². The number of fused-ring (bicyclic) bond motifs is 1. The Hall–Kier alpha value is -2.36. The lowest BCUT2D eigenvalue weighted by Gasteiger charge is -2.36. The van der Waals surface area contributed by atoms with Crippen LogP contribution in [0.25, 0.3) is 0 Å². The minimum Gasteiger partial charge on any atom is -0.479 e. The van der Waals surface area contributed by atoms with Crippen molar-refractivity contribution in [3.05, 3.63) is 47.5 Å². The van der Waals surface area contributed by atoms with Crippen molar-refractivity contribution >= 4 is 44.7 Å². The SMILES string of the molecule is CN1[C@H](C2CCCCC2)CN(c2ccccc2)c2cc(Cl)c(N3CC[C@@](F)(C(=O)O)C3)cc2S1(=O)=O. The van der Waals surface area contributed by atoms with E-state index < -0.39 is 21.7 Å². The van der Waals surface area contributed by atoms with Crippen molar-refractivity contribution in [3.63, 3.8) is 0 Å². The van der Waals surface area contributed by atoms with Gasteiger partial charge < -0.3 is 14.9 Å². The van der Waals surface area contributed by atoms with Crippen LogP contribution in [0.1, 0.15) is 38.5 Å². The molecule has 0 spiro atoms. The first-order valence-electron chi connectivity index (χ1n) is 12.4. The third-order valence-corrected chi connectivity index (χ3v) is 10.2. The third kappa shape index (κ3) is 4.35. The van der Waals surface area contributed by atoms with Gasteiger partial charge in [-0.1, -0.05) is 49.1 Å². The molecule has 10 heteroatoms. The molecule has 0 bridgehead atoms. The van der Waals surface area contributed by atoms with Gasteiger partial charge in [0.2, 0.25) is 15.7 Å². The zero-order valence-electron chi connectivity index (χ0n) is 20.2. The molecule has 2 aliphatic heterocycles. The zero-order valence-corrected chi connectivity index (χ0v) is 21.8. The van der Waals surface area contributed by atoms with Crippen LogP contribution in [-0.4, -0.2) is 62.2 Å². The molecular formula is C26H31ClFN3O4S. The van der Waals surface area contributed by atoms with Gasteiger partial charge in [-0.3, -0.25) is 0 Å². The second kappa shape index (κ2) is 9.50. The maximum absolute atomic E-state index is 14.8. The van der Waals surface area contributed by atoms with Gasteiger partial charge in [-0.15, -0.1) is 0 Å². The molecule has 0 aromatic heterocycles. The van der Waals surface area contributed by atoms with Crippen molar-refractivity contribution in [2.24, 2.45) is 5.92 Å². The zero-order chi connectivity index (χ0) is 25.7. The summed E-state index contributed by atoms with van der Waals surface area (Å²) in [5.41, 5.74) is -0.724. The Labute approximate surface area is 216 Å². The highest BCUT2D eigenvalue weighted by atomic mass is 35.5. The van der Waals surface area contributed by atoms with Crippen LogP contribution in [0.4, 0.5) is 21.5 Å². The lowest BCUT2D eigenvalue weighted by molar-refractivity contribution is -0.149. The Morgan fingerprint density at radius 2 is 1.81 bits per heavy atom. The van der Waals surface area contributed by atoms with Gasteiger partial charge in [0.15, 0.2) is 0 Å². The average Bonchev–Trinajstić information content (AvgIpc) is 3.25. The molecule has 3 aliphatic rings. The van der Waals surface area contributed by atoms with Crippen molar-refractivity contribution in [2.75, 3.05) is 36.5 Å². The standard InChI is InChI=1S/C26H31ClFN3O4S/c1-29-23(18-8-4-2-5-9-18)16-31(19-10-6-3-7-11-19)22-14-20(27)21(15-24(22)36(29,34)35)30-13-12-26(28,17-30)25(32)33/h3,6-7,10-11,14-15,18,23H,2,4-5,8-9,12-13,16-17H2,1H3,(H,32,33)/t23-,26-/m0/s1. The number of halogens is 2. The normalized spacial score (nSPS) is 27.0. The number of carboxylic acid groups (broad SMARTS) is 1. The van der Waals surface area contributed by atoms with Crippen molar-refractivity contribution in [2.45, 2.75) is 55.1 Å². The molecule has 0 unspecified atom stereocenters. The minimum atomic E-state index is -3.91. The Bertz CT molecular complexity index is 1260. The number of carbonyl (C=O) groups is 1. The fraction of sp³-hybridized carbons (Fsp3) is 0.500. The van der Waals surface area contributed by atoms with Crippen LogP contribution in [0.5, 0.6) is 0 Å². The van der Waals surface area contributed by atoms with E-state index in [1.165, 1.54) is 21.7 Å². The molecule has 0 amide bonds. The van der Waals surface area contributed by atoms with E-state index in [1.807, 2.05) is 35.2 Å². The van der Waals surface area contributed by atoms with Crippen LogP contribution in [0.2, 0.25) is 5.02 Å². The van der Waals surface area contributed by atoms with E-state index in [1.54, 1.807) is 13.1 Å². The van der Waals surface area contributed by atoms with E-state index in [4.69, 9.17) is 11.6 Å². The summed E-state index contributed by atoms with van der Waals surface area (Å²) in [6, 6.07) is 12.6. The number of alkyl halides is 1. The number of sulfonamides is 1. The fourth-order valence-corrected chi connectivity index (χ4v) is 7.77. The summed E-state index contributed by atoms with van der Waals surface area (Å²) in [5.74, 6) is -1.27. The van der Waals surface area contributed by atoms with Crippen molar-refractivity contribution in [3.8, 4) is 0 Å². The molecule has 2 fully saturated rings. The molecule has 1 aliphatic carbocycles. The molecular weight excluding hydrogens is 505 g/mol. The van der Waals surface area contributed by atoms with Crippen LogP contribution in [0.15, 0.2) is 47.4 Å². The largest absolute Gasteiger partial charge is 0.479 e. The second-order valence-electron chi connectivity index (χ2n) is 10.1. The Morgan fingerprint density at radius 1 is 1.11 bits per heavy atom. The molecule has 194 valence electrons. The molecule has 1 N–H and O–H groups in total. The molecule has 1 saturated heterocycles. The molecule has 2 aromatic rings. The van der Waals surface area contributed by atoms with Gasteiger partial charge in [0, 0.05) is 38.3 Å². The monoisotopic (exact) mass is 535 g/mol. The van der Waals surface area contributed by atoms with Gasteiger partial charge >= 0.3 is 5.97 Å². The molecule has 0 radical (unpaired) electrons.